The van der Waals surface area contributed by atoms with Gasteiger partial charge in [0, 0.05) is 25.1 Å². The SMILES string of the molecule is CCN(C(=O)CCNC(=O)c1ccccc1C)c1nc2ccccc2s1. The zero-order chi connectivity index (χ0) is 18.5. The molecule has 3 rings (SSSR count). The molecule has 0 radical (unpaired) electrons. The summed E-state index contributed by atoms with van der Waals surface area (Å²) in [6.45, 7) is 4.67. The number of anilines is 1. The first-order valence-electron chi connectivity index (χ1n) is 8.60. The number of carbonyl (C=O) groups excluding carboxylic acids is 2. The van der Waals surface area contributed by atoms with Crippen molar-refractivity contribution in [2.24, 2.45) is 0 Å². The molecule has 0 saturated carbocycles. The fraction of sp³-hybridized carbons (Fsp3) is 0.250. The maximum Gasteiger partial charge on any atom is 0.251 e. The molecular weight excluding hydrogens is 346 g/mol. The third-order valence-electron chi connectivity index (χ3n) is 4.14. The number of amides is 2. The van der Waals surface area contributed by atoms with Crippen LogP contribution in [0.2, 0.25) is 0 Å². The number of thiazole rings is 1. The van der Waals surface area contributed by atoms with Crippen molar-refractivity contribution < 1.29 is 9.59 Å². The topological polar surface area (TPSA) is 62.3 Å². The number of benzene rings is 2. The molecule has 0 aliphatic rings. The molecule has 0 bridgehead atoms. The van der Waals surface area contributed by atoms with Gasteiger partial charge in [-0.25, -0.2) is 4.98 Å². The van der Waals surface area contributed by atoms with Gasteiger partial charge in [-0.05, 0) is 37.6 Å². The third kappa shape index (κ3) is 3.91. The molecule has 26 heavy (non-hydrogen) atoms. The van der Waals surface area contributed by atoms with Crippen LogP contribution in [0, 0.1) is 6.92 Å². The minimum Gasteiger partial charge on any atom is -0.352 e. The zero-order valence-corrected chi connectivity index (χ0v) is 15.7. The number of rotatable bonds is 6. The second kappa shape index (κ2) is 8.10. The predicted octanol–water partition coefficient (Wildman–Crippen LogP) is 3.78. The Morgan fingerprint density at radius 2 is 1.85 bits per heavy atom. The first-order chi connectivity index (χ1) is 12.6. The van der Waals surface area contributed by atoms with Gasteiger partial charge < -0.3 is 5.32 Å². The Labute approximate surface area is 156 Å². The largest absolute Gasteiger partial charge is 0.352 e. The lowest BCUT2D eigenvalue weighted by molar-refractivity contribution is -0.118. The molecule has 1 N–H and O–H groups in total. The second-order valence-electron chi connectivity index (χ2n) is 5.92. The molecule has 0 spiro atoms. The van der Waals surface area contributed by atoms with Crippen LogP contribution in [0.15, 0.2) is 48.5 Å². The molecule has 1 aromatic heterocycles. The van der Waals surface area contributed by atoms with Crippen LogP contribution >= 0.6 is 11.3 Å². The van der Waals surface area contributed by atoms with Crippen molar-refractivity contribution in [3.05, 3.63) is 59.7 Å². The zero-order valence-electron chi connectivity index (χ0n) is 14.9. The van der Waals surface area contributed by atoms with Crippen LogP contribution in [0.3, 0.4) is 0 Å². The van der Waals surface area contributed by atoms with Crippen LogP contribution in [0.1, 0.15) is 29.3 Å². The van der Waals surface area contributed by atoms with E-state index in [2.05, 4.69) is 10.3 Å². The normalized spacial score (nSPS) is 10.7. The molecule has 6 heteroatoms. The molecule has 3 aromatic rings. The number of aryl methyl sites for hydroxylation is 1. The van der Waals surface area contributed by atoms with E-state index in [4.69, 9.17) is 0 Å². The van der Waals surface area contributed by atoms with E-state index in [1.54, 1.807) is 11.0 Å². The van der Waals surface area contributed by atoms with Gasteiger partial charge in [-0.2, -0.15) is 0 Å². The minimum absolute atomic E-state index is 0.0448. The van der Waals surface area contributed by atoms with E-state index in [9.17, 15) is 9.59 Å². The molecular formula is C20H21N3O2S. The Balaban J connectivity index is 1.61. The molecule has 0 aliphatic heterocycles. The number of para-hydroxylation sites is 1. The van der Waals surface area contributed by atoms with Gasteiger partial charge in [0.05, 0.1) is 10.2 Å². The van der Waals surface area contributed by atoms with E-state index in [0.717, 1.165) is 15.8 Å². The highest BCUT2D eigenvalue weighted by molar-refractivity contribution is 7.22. The number of hydrogen-bond donors (Lipinski definition) is 1. The minimum atomic E-state index is -0.154. The molecule has 2 aromatic carbocycles. The van der Waals surface area contributed by atoms with Gasteiger partial charge in [0.15, 0.2) is 5.13 Å². The average molecular weight is 367 g/mol. The van der Waals surface area contributed by atoms with Gasteiger partial charge in [0.25, 0.3) is 5.91 Å². The summed E-state index contributed by atoms with van der Waals surface area (Å²) in [7, 11) is 0. The smallest absolute Gasteiger partial charge is 0.251 e. The molecule has 2 amide bonds. The van der Waals surface area contributed by atoms with Crippen molar-refractivity contribution >= 4 is 38.5 Å². The highest BCUT2D eigenvalue weighted by Gasteiger charge is 2.18. The number of fused-ring (bicyclic) bond motifs is 1. The summed E-state index contributed by atoms with van der Waals surface area (Å²) in [6.07, 6.45) is 0.237. The van der Waals surface area contributed by atoms with E-state index < -0.39 is 0 Å². The molecule has 0 atom stereocenters. The van der Waals surface area contributed by atoms with Crippen molar-refractivity contribution in [1.82, 2.24) is 10.3 Å². The molecule has 0 unspecified atom stereocenters. The molecule has 5 nitrogen and oxygen atoms in total. The Bertz CT molecular complexity index is 902. The molecule has 0 fully saturated rings. The summed E-state index contributed by atoms with van der Waals surface area (Å²) in [5.41, 5.74) is 2.45. The van der Waals surface area contributed by atoms with Crippen LogP contribution in [0.4, 0.5) is 5.13 Å². The van der Waals surface area contributed by atoms with Crippen molar-refractivity contribution in [2.75, 3.05) is 18.0 Å². The highest BCUT2D eigenvalue weighted by Crippen LogP contribution is 2.28. The Hall–Kier alpha value is -2.73. The first-order valence-corrected chi connectivity index (χ1v) is 9.41. The predicted molar refractivity (Wildman–Crippen MR) is 106 cm³/mol. The summed E-state index contributed by atoms with van der Waals surface area (Å²) >= 11 is 1.50. The highest BCUT2D eigenvalue weighted by atomic mass is 32.1. The maximum absolute atomic E-state index is 12.6. The number of aromatic nitrogens is 1. The lowest BCUT2D eigenvalue weighted by Gasteiger charge is -2.17. The van der Waals surface area contributed by atoms with Crippen LogP contribution in [-0.2, 0) is 4.79 Å². The maximum atomic E-state index is 12.6. The van der Waals surface area contributed by atoms with Gasteiger partial charge in [-0.15, -0.1) is 0 Å². The molecule has 1 heterocycles. The first kappa shape index (κ1) is 18.1. The number of nitrogens with zero attached hydrogens (tertiary/aromatic N) is 2. The summed E-state index contributed by atoms with van der Waals surface area (Å²) in [4.78, 5) is 31.0. The lowest BCUT2D eigenvalue weighted by Crippen LogP contribution is -2.34. The van der Waals surface area contributed by atoms with E-state index >= 15 is 0 Å². The van der Waals surface area contributed by atoms with Crippen LogP contribution < -0.4 is 10.2 Å². The van der Waals surface area contributed by atoms with Crippen molar-refractivity contribution in [3.8, 4) is 0 Å². The summed E-state index contributed by atoms with van der Waals surface area (Å²) in [5, 5.41) is 3.52. The van der Waals surface area contributed by atoms with Crippen molar-refractivity contribution in [2.45, 2.75) is 20.3 Å². The lowest BCUT2D eigenvalue weighted by atomic mass is 10.1. The Kier molecular flexibility index (Phi) is 5.63. The third-order valence-corrected chi connectivity index (χ3v) is 5.20. The fourth-order valence-corrected chi connectivity index (χ4v) is 3.78. The number of carbonyl (C=O) groups is 2. The van der Waals surface area contributed by atoms with E-state index in [1.165, 1.54) is 11.3 Å². The van der Waals surface area contributed by atoms with Gasteiger partial charge in [-0.3, -0.25) is 14.5 Å². The van der Waals surface area contributed by atoms with Gasteiger partial charge in [0.1, 0.15) is 0 Å². The fourth-order valence-electron chi connectivity index (χ4n) is 2.73. The summed E-state index contributed by atoms with van der Waals surface area (Å²) in [5.74, 6) is -0.199. The van der Waals surface area contributed by atoms with Gasteiger partial charge in [-0.1, -0.05) is 41.7 Å². The number of nitrogens with one attached hydrogen (secondary N) is 1. The standard InChI is InChI=1S/C20H21N3O2S/c1-3-23(20-22-16-10-6-7-11-17(16)26-20)18(24)12-13-21-19(25)15-9-5-4-8-14(15)2/h4-11H,3,12-13H2,1-2H3,(H,21,25). The molecule has 134 valence electrons. The van der Waals surface area contributed by atoms with E-state index in [-0.39, 0.29) is 18.2 Å². The summed E-state index contributed by atoms with van der Waals surface area (Å²) in [6, 6.07) is 15.2. The molecule has 0 saturated heterocycles. The van der Waals surface area contributed by atoms with Crippen LogP contribution in [0.25, 0.3) is 10.2 Å². The second-order valence-corrected chi connectivity index (χ2v) is 6.93. The van der Waals surface area contributed by atoms with E-state index in [1.807, 2.05) is 56.3 Å². The van der Waals surface area contributed by atoms with Crippen molar-refractivity contribution in [1.29, 1.82) is 0 Å². The summed E-state index contributed by atoms with van der Waals surface area (Å²) < 4.78 is 1.06. The Morgan fingerprint density at radius 1 is 1.12 bits per heavy atom. The monoisotopic (exact) mass is 367 g/mol. The van der Waals surface area contributed by atoms with Crippen molar-refractivity contribution in [3.63, 3.8) is 0 Å². The van der Waals surface area contributed by atoms with Gasteiger partial charge in [0.2, 0.25) is 5.91 Å². The average Bonchev–Trinajstić information content (AvgIpc) is 3.06. The van der Waals surface area contributed by atoms with Crippen LogP contribution in [0.5, 0.6) is 0 Å². The number of hydrogen-bond acceptors (Lipinski definition) is 4. The van der Waals surface area contributed by atoms with E-state index in [0.29, 0.717) is 23.8 Å². The quantitative estimate of drug-likeness (QED) is 0.721. The molecule has 0 aliphatic carbocycles. The Morgan fingerprint density at radius 3 is 2.58 bits per heavy atom. The van der Waals surface area contributed by atoms with Crippen LogP contribution in [-0.4, -0.2) is 29.9 Å². The van der Waals surface area contributed by atoms with Gasteiger partial charge >= 0.3 is 0 Å².